The van der Waals surface area contributed by atoms with E-state index in [2.05, 4.69) is 35.0 Å². The van der Waals surface area contributed by atoms with Crippen molar-refractivity contribution in [3.63, 3.8) is 0 Å². The number of methoxy groups -OCH3 is 2. The molecule has 0 N–H and O–H groups in total. The lowest BCUT2D eigenvalue weighted by Crippen LogP contribution is -2.40. The van der Waals surface area contributed by atoms with E-state index < -0.39 is 37.6 Å². The molecule has 6 rings (SSSR count). The summed E-state index contributed by atoms with van der Waals surface area (Å²) in [6, 6.07) is 11.2. The molecule has 4 aromatic rings. The van der Waals surface area contributed by atoms with Gasteiger partial charge in [-0.2, -0.15) is 4.57 Å². The van der Waals surface area contributed by atoms with Crippen molar-refractivity contribution in [1.29, 1.82) is 0 Å². The molecule has 3 heterocycles. The summed E-state index contributed by atoms with van der Waals surface area (Å²) in [5, 5.41) is 44.3. The number of aryl methyl sites for hydroxylation is 2. The van der Waals surface area contributed by atoms with Gasteiger partial charge in [-0.25, -0.2) is 0 Å². The van der Waals surface area contributed by atoms with Crippen molar-refractivity contribution in [2.75, 3.05) is 21.0 Å². The molecule has 2 aliphatic rings. The topological polar surface area (TPSA) is 193 Å². The maximum atomic E-state index is 11.1. The van der Waals surface area contributed by atoms with E-state index in [0.717, 1.165) is 46.7 Å². The Morgan fingerprint density at radius 3 is 2.10 bits per heavy atom. The number of nitrogens with zero attached hydrogens (tertiary/aromatic N) is 4. The lowest BCUT2D eigenvalue weighted by atomic mass is 9.95. The number of ether oxygens (including phenoxy) is 4. The Hall–Kier alpha value is -5.73. The molecule has 0 saturated heterocycles. The zero-order valence-electron chi connectivity index (χ0n) is 21.5. The van der Waals surface area contributed by atoms with Gasteiger partial charge in [-0.05, 0) is 35.2 Å². The number of benzene rings is 3. The van der Waals surface area contributed by atoms with Crippen LogP contribution in [0.2, 0.25) is 0 Å². The van der Waals surface area contributed by atoms with Crippen LogP contribution in [0.25, 0.3) is 22.0 Å². The Balaban J connectivity index is 0.000000184. The van der Waals surface area contributed by atoms with Gasteiger partial charge in [-0.3, -0.25) is 30.3 Å². The molecule has 41 heavy (non-hydrogen) atoms. The summed E-state index contributed by atoms with van der Waals surface area (Å²) >= 11 is 0. The van der Waals surface area contributed by atoms with Crippen molar-refractivity contribution < 1.29 is 43.4 Å². The Kier molecular flexibility index (Phi) is 6.84. The minimum Gasteiger partial charge on any atom is -0.863 e. The summed E-state index contributed by atoms with van der Waals surface area (Å²) < 4.78 is 24.4. The quantitative estimate of drug-likeness (QED) is 0.195. The highest BCUT2D eigenvalue weighted by atomic mass is 16.7. The molecule has 210 valence electrons. The van der Waals surface area contributed by atoms with E-state index in [0.29, 0.717) is 18.9 Å². The Morgan fingerprint density at radius 1 is 0.854 bits per heavy atom. The third-order valence-electron chi connectivity index (χ3n) is 6.64. The number of nitro benzene ring substituents is 3. The summed E-state index contributed by atoms with van der Waals surface area (Å²) in [7, 11) is 3.34. The van der Waals surface area contributed by atoms with Gasteiger partial charge in [0.25, 0.3) is 17.1 Å². The molecule has 0 saturated carbocycles. The summed E-state index contributed by atoms with van der Waals surface area (Å²) in [6.45, 7) is 1.21. The van der Waals surface area contributed by atoms with Gasteiger partial charge in [0.2, 0.25) is 12.5 Å². The van der Waals surface area contributed by atoms with Crippen molar-refractivity contribution in [3.8, 4) is 40.0 Å². The van der Waals surface area contributed by atoms with E-state index in [-0.39, 0.29) is 0 Å². The number of non-ortho nitro benzene ring substituents is 1. The van der Waals surface area contributed by atoms with Crippen LogP contribution < -0.4 is 28.6 Å². The second-order valence-electron chi connectivity index (χ2n) is 8.85. The molecule has 0 fully saturated rings. The maximum absolute atomic E-state index is 11.1. The molecule has 3 aromatic carbocycles. The van der Waals surface area contributed by atoms with Gasteiger partial charge in [-0.15, -0.1) is 0 Å². The number of hydrogen-bond donors (Lipinski definition) is 0. The molecule has 0 atom stereocenters. The largest absolute Gasteiger partial charge is 0.863 e. The van der Waals surface area contributed by atoms with Crippen LogP contribution in [0.5, 0.6) is 28.7 Å². The Labute approximate surface area is 230 Å². The highest BCUT2D eigenvalue weighted by molar-refractivity contribution is 5.91. The molecule has 0 spiro atoms. The minimum absolute atomic E-state index is 0.299. The van der Waals surface area contributed by atoms with Crippen LogP contribution in [0.4, 0.5) is 17.1 Å². The van der Waals surface area contributed by atoms with E-state index in [1.54, 1.807) is 14.2 Å². The number of fused-ring (bicyclic) bond motifs is 5. The molecule has 0 aliphatic carbocycles. The normalized spacial score (nSPS) is 12.4. The predicted molar refractivity (Wildman–Crippen MR) is 138 cm³/mol. The van der Waals surface area contributed by atoms with E-state index in [1.165, 1.54) is 16.8 Å². The van der Waals surface area contributed by atoms with Crippen LogP contribution in [-0.4, -0.2) is 35.8 Å². The fourth-order valence-electron chi connectivity index (χ4n) is 4.73. The van der Waals surface area contributed by atoms with Crippen molar-refractivity contribution in [2.45, 2.75) is 13.0 Å². The number of hydrogen-bond acceptors (Lipinski definition) is 11. The molecule has 0 bridgehead atoms. The van der Waals surface area contributed by atoms with Crippen molar-refractivity contribution >= 4 is 27.8 Å². The summed E-state index contributed by atoms with van der Waals surface area (Å²) in [4.78, 5) is 27.5. The standard InChI is InChI=1S/C20H18NO4.C6H3N3O7/c1-22-17-4-3-12-7-16-14-9-19-18(24-11-25-19)8-13(14)5-6-21(16)10-15(12)20(17)23-2;10-6-4(8(13)14)1-3(7(11)12)2-5(6)9(15)16/h3-4,7-10H,5-6,11H2,1-2H3;1-2,10H/q+1;/p-1. The first kappa shape index (κ1) is 26.9. The zero-order valence-corrected chi connectivity index (χ0v) is 21.5. The zero-order chi connectivity index (χ0) is 29.4. The molecular formula is C26H20N4O11. The molecule has 15 heteroatoms. The maximum Gasteiger partial charge on any atom is 0.283 e. The van der Waals surface area contributed by atoms with Crippen molar-refractivity contribution in [2.24, 2.45) is 0 Å². The SMILES string of the molecule is COc1ccc2cc3[n+](cc2c1OC)CCc1cc2c(cc1-3)OCO2.O=[N+]([O-])c1cc([N+](=O)[O-])c([O-])c([N+](=O)[O-])c1. The third-order valence-corrected chi connectivity index (χ3v) is 6.64. The fraction of sp³-hybridized carbons (Fsp3) is 0.192. The first-order valence-corrected chi connectivity index (χ1v) is 11.9. The highest BCUT2D eigenvalue weighted by Crippen LogP contribution is 2.41. The molecule has 0 radical (unpaired) electrons. The van der Waals surface area contributed by atoms with Crippen molar-refractivity contribution in [3.05, 3.63) is 84.6 Å². The molecule has 2 aliphatic heterocycles. The molecule has 0 amide bonds. The molecule has 1 aromatic heterocycles. The molecule has 0 unspecified atom stereocenters. The lowest BCUT2D eigenvalue weighted by Gasteiger charge is -2.17. The third kappa shape index (κ3) is 4.80. The number of pyridine rings is 1. The minimum atomic E-state index is -1.46. The number of rotatable bonds is 5. The average Bonchev–Trinajstić information content (AvgIpc) is 3.41. The van der Waals surface area contributed by atoms with E-state index in [9.17, 15) is 35.4 Å². The highest BCUT2D eigenvalue weighted by Gasteiger charge is 2.29. The smallest absolute Gasteiger partial charge is 0.283 e. The van der Waals surface area contributed by atoms with Crippen molar-refractivity contribution in [1.82, 2.24) is 0 Å². The number of nitro groups is 3. The first-order valence-electron chi connectivity index (χ1n) is 11.9. The molecular weight excluding hydrogens is 544 g/mol. The lowest BCUT2D eigenvalue weighted by molar-refractivity contribution is -0.686. The Bertz CT molecular complexity index is 1720. The monoisotopic (exact) mass is 564 g/mol. The van der Waals surface area contributed by atoms with E-state index in [4.69, 9.17) is 18.9 Å². The van der Waals surface area contributed by atoms with Gasteiger partial charge in [0.1, 0.15) is 0 Å². The second kappa shape index (κ2) is 10.4. The van der Waals surface area contributed by atoms with Gasteiger partial charge in [0.15, 0.2) is 35.7 Å². The number of aromatic nitrogens is 1. The van der Waals surface area contributed by atoms with Gasteiger partial charge < -0.3 is 24.1 Å². The second-order valence-corrected chi connectivity index (χ2v) is 8.85. The summed E-state index contributed by atoms with van der Waals surface area (Å²) in [6.07, 6.45) is 3.11. The summed E-state index contributed by atoms with van der Waals surface area (Å²) in [5.41, 5.74) is 0.412. The van der Waals surface area contributed by atoms with Crippen LogP contribution in [0.1, 0.15) is 5.56 Å². The Morgan fingerprint density at radius 2 is 1.51 bits per heavy atom. The average molecular weight is 564 g/mol. The van der Waals surface area contributed by atoms with E-state index >= 15 is 0 Å². The van der Waals surface area contributed by atoms with Crippen LogP contribution >= 0.6 is 0 Å². The van der Waals surface area contributed by atoms with E-state index in [1.807, 2.05) is 6.07 Å². The van der Waals surface area contributed by atoms with Gasteiger partial charge >= 0.3 is 0 Å². The van der Waals surface area contributed by atoms with Crippen LogP contribution in [0.3, 0.4) is 0 Å². The van der Waals surface area contributed by atoms with Gasteiger partial charge in [0, 0.05) is 12.5 Å². The van der Waals surface area contributed by atoms with Gasteiger partial charge in [0.05, 0.1) is 57.8 Å². The first-order chi connectivity index (χ1) is 19.6. The molecule has 15 nitrogen and oxygen atoms in total. The van der Waals surface area contributed by atoms with Crippen LogP contribution in [0.15, 0.2) is 48.7 Å². The van der Waals surface area contributed by atoms with Crippen LogP contribution in [0, 0.1) is 30.3 Å². The van der Waals surface area contributed by atoms with Crippen LogP contribution in [-0.2, 0) is 13.0 Å². The van der Waals surface area contributed by atoms with Gasteiger partial charge in [-0.1, -0.05) is 0 Å². The summed E-state index contributed by atoms with van der Waals surface area (Å²) in [5.74, 6) is 1.72. The predicted octanol–water partition coefficient (Wildman–Crippen LogP) is 3.58. The fourth-order valence-corrected chi connectivity index (χ4v) is 4.73.